The predicted octanol–water partition coefficient (Wildman–Crippen LogP) is 0.366. The summed E-state index contributed by atoms with van der Waals surface area (Å²) in [6, 6.07) is 5.27. The van der Waals surface area contributed by atoms with Gasteiger partial charge in [0, 0.05) is 18.5 Å². The van der Waals surface area contributed by atoms with Crippen LogP contribution in [0.5, 0.6) is 5.75 Å². The number of rotatable bonds is 6. The number of methoxy groups -OCH3 is 1. The molecule has 0 atom stereocenters. The number of hydrogen-bond acceptors (Lipinski definition) is 7. The number of sulfone groups is 1. The zero-order valence-electron chi connectivity index (χ0n) is 11.9. The summed E-state index contributed by atoms with van der Waals surface area (Å²) >= 11 is 0. The van der Waals surface area contributed by atoms with E-state index in [0.29, 0.717) is 35.8 Å². The minimum atomic E-state index is -3.01. The molecule has 9 heteroatoms. The number of nitrogens with two attached hydrogens (primary N) is 1. The van der Waals surface area contributed by atoms with Crippen LogP contribution < -0.4 is 10.5 Å². The number of hydrogen-bond donors (Lipinski definition) is 1. The molecule has 0 unspecified atom stereocenters. The molecular formula is C12H17N5O3S. The van der Waals surface area contributed by atoms with Crippen LogP contribution in [0.1, 0.15) is 6.42 Å². The smallest absolute Gasteiger partial charge is 0.187 e. The number of benzene rings is 1. The van der Waals surface area contributed by atoms with Gasteiger partial charge in [-0.25, -0.2) is 13.1 Å². The van der Waals surface area contributed by atoms with Crippen molar-refractivity contribution in [1.82, 2.24) is 20.2 Å². The number of anilines is 1. The zero-order chi connectivity index (χ0) is 15.5. The number of nitrogen functional groups attached to an aromatic ring is 1. The third kappa shape index (κ3) is 3.69. The third-order valence-corrected chi connectivity index (χ3v) is 3.95. The van der Waals surface area contributed by atoms with Gasteiger partial charge in [-0.05, 0) is 29.0 Å². The van der Waals surface area contributed by atoms with E-state index in [1.54, 1.807) is 18.2 Å². The van der Waals surface area contributed by atoms with E-state index in [9.17, 15) is 8.42 Å². The van der Waals surface area contributed by atoms with Crippen LogP contribution in [0, 0.1) is 0 Å². The lowest BCUT2D eigenvalue weighted by Crippen LogP contribution is -2.10. The fraction of sp³-hybridized carbons (Fsp3) is 0.417. The molecule has 0 spiro atoms. The van der Waals surface area contributed by atoms with E-state index in [4.69, 9.17) is 10.5 Å². The first-order valence-corrected chi connectivity index (χ1v) is 8.35. The molecular weight excluding hydrogens is 294 g/mol. The lowest BCUT2D eigenvalue weighted by atomic mass is 10.1. The molecule has 0 bridgehead atoms. The average Bonchev–Trinajstić information content (AvgIpc) is 2.85. The second-order valence-corrected chi connectivity index (χ2v) is 6.89. The molecule has 2 aromatic rings. The van der Waals surface area contributed by atoms with Crippen LogP contribution in [0.4, 0.5) is 5.69 Å². The third-order valence-electron chi connectivity index (χ3n) is 2.92. The van der Waals surface area contributed by atoms with Gasteiger partial charge in [0.2, 0.25) is 0 Å². The molecule has 0 aliphatic carbocycles. The van der Waals surface area contributed by atoms with Crippen LogP contribution in [-0.2, 0) is 16.4 Å². The quantitative estimate of drug-likeness (QED) is 0.766. The Bertz CT molecular complexity index is 726. The molecule has 2 rings (SSSR count). The topological polar surface area (TPSA) is 113 Å². The minimum absolute atomic E-state index is 0.0771. The van der Waals surface area contributed by atoms with Gasteiger partial charge < -0.3 is 10.5 Å². The van der Waals surface area contributed by atoms with Crippen molar-refractivity contribution in [3.05, 3.63) is 18.2 Å². The maximum atomic E-state index is 11.2. The lowest BCUT2D eigenvalue weighted by molar-refractivity contribution is 0.416. The van der Waals surface area contributed by atoms with Crippen LogP contribution in [0.15, 0.2) is 18.2 Å². The summed E-state index contributed by atoms with van der Waals surface area (Å²) in [4.78, 5) is 0. The van der Waals surface area contributed by atoms with Crippen molar-refractivity contribution in [2.45, 2.75) is 13.0 Å². The highest BCUT2D eigenvalue weighted by molar-refractivity contribution is 7.90. The SMILES string of the molecule is COc1cccc(N)c1-c1nnnn1CCCS(C)(=O)=O. The van der Waals surface area contributed by atoms with Gasteiger partial charge in [-0.2, -0.15) is 0 Å². The molecule has 1 aromatic heterocycles. The summed E-state index contributed by atoms with van der Waals surface area (Å²) < 4.78 is 29.1. The molecule has 1 heterocycles. The Balaban J connectivity index is 2.29. The molecule has 114 valence electrons. The average molecular weight is 311 g/mol. The highest BCUT2D eigenvalue weighted by Crippen LogP contribution is 2.33. The van der Waals surface area contributed by atoms with Crippen LogP contribution in [0.2, 0.25) is 0 Å². The lowest BCUT2D eigenvalue weighted by Gasteiger charge is -2.11. The van der Waals surface area contributed by atoms with E-state index in [-0.39, 0.29) is 5.75 Å². The van der Waals surface area contributed by atoms with Crippen molar-refractivity contribution >= 4 is 15.5 Å². The maximum absolute atomic E-state index is 11.2. The van der Waals surface area contributed by atoms with Gasteiger partial charge >= 0.3 is 0 Å². The summed E-state index contributed by atoms with van der Waals surface area (Å²) in [6.07, 6.45) is 1.62. The van der Waals surface area contributed by atoms with Crippen molar-refractivity contribution < 1.29 is 13.2 Å². The normalized spacial score (nSPS) is 11.5. The number of ether oxygens (including phenoxy) is 1. The maximum Gasteiger partial charge on any atom is 0.187 e. The predicted molar refractivity (Wildman–Crippen MR) is 78.5 cm³/mol. The van der Waals surface area contributed by atoms with Crippen LogP contribution in [-0.4, -0.2) is 47.7 Å². The Morgan fingerprint density at radius 3 is 2.81 bits per heavy atom. The van der Waals surface area contributed by atoms with Gasteiger partial charge in [0.25, 0.3) is 0 Å². The fourth-order valence-electron chi connectivity index (χ4n) is 1.97. The fourth-order valence-corrected chi connectivity index (χ4v) is 2.62. The summed E-state index contributed by atoms with van der Waals surface area (Å²) in [5.41, 5.74) is 7.07. The monoisotopic (exact) mass is 311 g/mol. The number of nitrogens with zero attached hydrogens (tertiary/aromatic N) is 4. The van der Waals surface area contributed by atoms with E-state index in [2.05, 4.69) is 15.5 Å². The Labute approximate surface area is 122 Å². The largest absolute Gasteiger partial charge is 0.496 e. The van der Waals surface area contributed by atoms with E-state index >= 15 is 0 Å². The molecule has 0 saturated heterocycles. The summed E-state index contributed by atoms with van der Waals surface area (Å²) in [5, 5.41) is 11.5. The van der Waals surface area contributed by atoms with E-state index in [1.807, 2.05) is 0 Å². The molecule has 2 N–H and O–H groups in total. The van der Waals surface area contributed by atoms with Gasteiger partial charge in [0.1, 0.15) is 15.6 Å². The van der Waals surface area contributed by atoms with Crippen molar-refractivity contribution in [3.63, 3.8) is 0 Å². The van der Waals surface area contributed by atoms with Gasteiger partial charge in [-0.3, -0.25) is 0 Å². The summed E-state index contributed by atoms with van der Waals surface area (Å²) in [7, 11) is -1.47. The van der Waals surface area contributed by atoms with Crippen LogP contribution in [0.25, 0.3) is 11.4 Å². The molecule has 0 fully saturated rings. The molecule has 1 aromatic carbocycles. The van der Waals surface area contributed by atoms with Crippen molar-refractivity contribution in [2.75, 3.05) is 24.9 Å². The van der Waals surface area contributed by atoms with E-state index in [0.717, 1.165) is 0 Å². The Morgan fingerprint density at radius 1 is 1.38 bits per heavy atom. The second-order valence-electron chi connectivity index (χ2n) is 4.63. The van der Waals surface area contributed by atoms with Crippen molar-refractivity contribution in [3.8, 4) is 17.1 Å². The second kappa shape index (κ2) is 6.08. The van der Waals surface area contributed by atoms with Crippen LogP contribution in [0.3, 0.4) is 0 Å². The first kappa shape index (κ1) is 15.2. The number of tetrazole rings is 1. The summed E-state index contributed by atoms with van der Waals surface area (Å²) in [5.74, 6) is 1.10. The minimum Gasteiger partial charge on any atom is -0.496 e. The first-order chi connectivity index (χ1) is 9.92. The molecule has 0 aliphatic rings. The standard InChI is InChI=1S/C12H17N5O3S/c1-20-10-6-3-5-9(13)11(10)12-14-15-16-17(12)7-4-8-21(2,18)19/h3,5-6H,4,7-8,13H2,1-2H3. The Hall–Kier alpha value is -2.16. The van der Waals surface area contributed by atoms with E-state index < -0.39 is 9.84 Å². The summed E-state index contributed by atoms with van der Waals surface area (Å²) in [6.45, 7) is 0.382. The van der Waals surface area contributed by atoms with Crippen molar-refractivity contribution in [2.24, 2.45) is 0 Å². The van der Waals surface area contributed by atoms with Gasteiger partial charge in [0.05, 0.1) is 18.4 Å². The molecule has 21 heavy (non-hydrogen) atoms. The first-order valence-electron chi connectivity index (χ1n) is 6.29. The molecule has 8 nitrogen and oxygen atoms in total. The zero-order valence-corrected chi connectivity index (χ0v) is 12.7. The van der Waals surface area contributed by atoms with Gasteiger partial charge in [-0.15, -0.1) is 5.10 Å². The molecule has 0 radical (unpaired) electrons. The number of aromatic nitrogens is 4. The van der Waals surface area contributed by atoms with Gasteiger partial charge in [0.15, 0.2) is 5.82 Å². The Morgan fingerprint density at radius 2 is 2.14 bits per heavy atom. The van der Waals surface area contributed by atoms with Crippen molar-refractivity contribution in [1.29, 1.82) is 0 Å². The van der Waals surface area contributed by atoms with E-state index in [1.165, 1.54) is 18.0 Å². The van der Waals surface area contributed by atoms with Crippen LogP contribution >= 0.6 is 0 Å². The molecule has 0 saturated carbocycles. The van der Waals surface area contributed by atoms with Gasteiger partial charge in [-0.1, -0.05) is 6.07 Å². The number of aryl methyl sites for hydroxylation is 1. The molecule has 0 aliphatic heterocycles. The Kier molecular flexibility index (Phi) is 4.41. The highest BCUT2D eigenvalue weighted by Gasteiger charge is 2.17. The highest BCUT2D eigenvalue weighted by atomic mass is 32.2. The molecule has 0 amide bonds.